The van der Waals surface area contributed by atoms with Crippen molar-refractivity contribution in [1.29, 1.82) is 0 Å². The summed E-state index contributed by atoms with van der Waals surface area (Å²) in [4.78, 5) is 12.0. The van der Waals surface area contributed by atoms with Gasteiger partial charge in [-0.3, -0.25) is 4.79 Å². The van der Waals surface area contributed by atoms with Crippen LogP contribution < -0.4 is 15.8 Å². The molecule has 0 aromatic heterocycles. The van der Waals surface area contributed by atoms with Crippen LogP contribution in [0, 0.1) is 0 Å². The lowest BCUT2D eigenvalue weighted by atomic mass is 10.1. The van der Waals surface area contributed by atoms with Gasteiger partial charge in [0.15, 0.2) is 0 Å². The number of carbonyl (C=O) groups excluding carboxylic acids is 1. The summed E-state index contributed by atoms with van der Waals surface area (Å²) >= 11 is 6.06. The van der Waals surface area contributed by atoms with Crippen LogP contribution in [0.3, 0.4) is 0 Å². The van der Waals surface area contributed by atoms with Gasteiger partial charge in [0.2, 0.25) is 5.91 Å². The summed E-state index contributed by atoms with van der Waals surface area (Å²) in [5.41, 5.74) is 7.58. The number of benzene rings is 2. The van der Waals surface area contributed by atoms with Crippen LogP contribution in [0.1, 0.15) is 5.56 Å². The Bertz CT molecular complexity index is 615. The Hall–Kier alpha value is -2.20. The van der Waals surface area contributed by atoms with Crippen LogP contribution in [0.5, 0.6) is 5.75 Å². The molecule has 0 aliphatic carbocycles. The number of amides is 1. The first-order chi connectivity index (χ1) is 9.60. The standard InChI is InChI=1S/C15H15ClN2O2/c1-20-14-9-13(11(16)8-12(14)17)18-15(19)7-10-5-3-2-4-6-10/h2-6,8-9H,7,17H2,1H3,(H,18,19). The van der Waals surface area contributed by atoms with Gasteiger partial charge in [-0.15, -0.1) is 0 Å². The van der Waals surface area contributed by atoms with Crippen LogP contribution in [0.2, 0.25) is 5.02 Å². The predicted molar refractivity (Wildman–Crippen MR) is 81.2 cm³/mol. The monoisotopic (exact) mass is 290 g/mol. The molecule has 0 radical (unpaired) electrons. The van der Waals surface area contributed by atoms with E-state index in [9.17, 15) is 4.79 Å². The second-order valence-electron chi connectivity index (χ2n) is 4.28. The lowest BCUT2D eigenvalue weighted by molar-refractivity contribution is -0.115. The molecule has 0 unspecified atom stereocenters. The fraction of sp³-hybridized carbons (Fsp3) is 0.133. The van der Waals surface area contributed by atoms with Crippen LogP contribution >= 0.6 is 11.6 Å². The number of ether oxygens (including phenoxy) is 1. The largest absolute Gasteiger partial charge is 0.495 e. The molecule has 0 saturated carbocycles. The summed E-state index contributed by atoms with van der Waals surface area (Å²) in [6.45, 7) is 0. The number of nitrogens with two attached hydrogens (primary N) is 1. The third-order valence-corrected chi connectivity index (χ3v) is 3.11. The van der Waals surface area contributed by atoms with Gasteiger partial charge in [-0.1, -0.05) is 41.9 Å². The molecular formula is C15H15ClN2O2. The van der Waals surface area contributed by atoms with Gasteiger partial charge in [0.05, 0.1) is 29.9 Å². The lowest BCUT2D eigenvalue weighted by Gasteiger charge is -2.11. The van der Waals surface area contributed by atoms with Crippen LogP contribution in [0.4, 0.5) is 11.4 Å². The molecule has 2 rings (SSSR count). The topological polar surface area (TPSA) is 64.3 Å². The van der Waals surface area contributed by atoms with E-state index in [0.29, 0.717) is 22.1 Å². The van der Waals surface area contributed by atoms with Crippen molar-refractivity contribution in [3.8, 4) is 5.75 Å². The van der Waals surface area contributed by atoms with Gasteiger partial charge in [0.1, 0.15) is 5.75 Å². The Morgan fingerprint density at radius 2 is 2.00 bits per heavy atom. The maximum atomic E-state index is 12.0. The molecule has 0 bridgehead atoms. The zero-order valence-corrected chi connectivity index (χ0v) is 11.8. The summed E-state index contributed by atoms with van der Waals surface area (Å²) in [5.74, 6) is 0.328. The summed E-state index contributed by atoms with van der Waals surface area (Å²) in [7, 11) is 1.51. The van der Waals surface area contributed by atoms with Crippen LogP contribution in [0.15, 0.2) is 42.5 Å². The van der Waals surface area contributed by atoms with Crippen molar-refractivity contribution in [2.75, 3.05) is 18.2 Å². The van der Waals surface area contributed by atoms with Crippen LogP contribution in [-0.4, -0.2) is 13.0 Å². The Balaban J connectivity index is 2.12. The van der Waals surface area contributed by atoms with Gasteiger partial charge in [-0.25, -0.2) is 0 Å². The molecule has 0 atom stereocenters. The molecule has 2 aromatic rings. The molecule has 4 nitrogen and oxygen atoms in total. The Labute approximate surface area is 122 Å². The van der Waals surface area contributed by atoms with Crippen molar-refractivity contribution < 1.29 is 9.53 Å². The van der Waals surface area contributed by atoms with E-state index in [0.717, 1.165) is 5.56 Å². The minimum Gasteiger partial charge on any atom is -0.495 e. The maximum absolute atomic E-state index is 12.0. The second kappa shape index (κ2) is 6.30. The number of halogens is 1. The molecule has 20 heavy (non-hydrogen) atoms. The van der Waals surface area contributed by atoms with E-state index >= 15 is 0 Å². The molecule has 0 aliphatic rings. The Morgan fingerprint density at radius 1 is 1.30 bits per heavy atom. The average Bonchev–Trinajstić information content (AvgIpc) is 2.43. The summed E-state index contributed by atoms with van der Waals surface area (Å²) in [6, 6.07) is 12.6. The molecule has 0 fully saturated rings. The highest BCUT2D eigenvalue weighted by molar-refractivity contribution is 6.34. The van der Waals surface area contributed by atoms with Crippen molar-refractivity contribution in [3.05, 3.63) is 53.1 Å². The van der Waals surface area contributed by atoms with E-state index in [-0.39, 0.29) is 12.3 Å². The molecular weight excluding hydrogens is 276 g/mol. The molecule has 2 aromatic carbocycles. The van der Waals surface area contributed by atoms with Gasteiger partial charge in [-0.05, 0) is 11.6 Å². The third kappa shape index (κ3) is 3.42. The maximum Gasteiger partial charge on any atom is 0.228 e. The highest BCUT2D eigenvalue weighted by Gasteiger charge is 2.10. The Kier molecular flexibility index (Phi) is 4.48. The molecule has 0 aliphatic heterocycles. The number of nitrogen functional groups attached to an aromatic ring is 1. The molecule has 104 valence electrons. The quantitative estimate of drug-likeness (QED) is 0.850. The highest BCUT2D eigenvalue weighted by Crippen LogP contribution is 2.32. The highest BCUT2D eigenvalue weighted by atomic mass is 35.5. The molecule has 0 spiro atoms. The average molecular weight is 291 g/mol. The first kappa shape index (κ1) is 14.2. The number of carbonyl (C=O) groups is 1. The fourth-order valence-electron chi connectivity index (χ4n) is 1.82. The van der Waals surface area contributed by atoms with Gasteiger partial charge in [0.25, 0.3) is 0 Å². The minimum absolute atomic E-state index is 0.148. The van der Waals surface area contributed by atoms with E-state index in [2.05, 4.69) is 5.32 Å². The number of rotatable bonds is 4. The van der Waals surface area contributed by atoms with Crippen LogP contribution in [-0.2, 0) is 11.2 Å². The summed E-state index contributed by atoms with van der Waals surface area (Å²) in [6.07, 6.45) is 0.282. The Morgan fingerprint density at radius 3 is 2.65 bits per heavy atom. The van der Waals surface area contributed by atoms with E-state index in [4.69, 9.17) is 22.1 Å². The fourth-order valence-corrected chi connectivity index (χ4v) is 2.04. The van der Waals surface area contributed by atoms with Crippen molar-refractivity contribution in [3.63, 3.8) is 0 Å². The van der Waals surface area contributed by atoms with Gasteiger partial charge in [0, 0.05) is 6.07 Å². The predicted octanol–water partition coefficient (Wildman–Crippen LogP) is 3.11. The number of anilines is 2. The van der Waals surface area contributed by atoms with Crippen molar-refractivity contribution in [2.45, 2.75) is 6.42 Å². The first-order valence-corrected chi connectivity index (χ1v) is 6.44. The normalized spacial score (nSPS) is 10.1. The number of methoxy groups -OCH3 is 1. The van der Waals surface area contributed by atoms with E-state index in [1.807, 2.05) is 30.3 Å². The van der Waals surface area contributed by atoms with E-state index in [1.54, 1.807) is 12.1 Å². The summed E-state index contributed by atoms with van der Waals surface area (Å²) in [5, 5.41) is 3.13. The van der Waals surface area contributed by atoms with Crippen molar-refractivity contribution in [2.24, 2.45) is 0 Å². The number of nitrogens with one attached hydrogen (secondary N) is 1. The minimum atomic E-state index is -0.148. The first-order valence-electron chi connectivity index (χ1n) is 6.07. The van der Waals surface area contributed by atoms with E-state index < -0.39 is 0 Å². The zero-order valence-electron chi connectivity index (χ0n) is 11.0. The molecule has 3 N–H and O–H groups in total. The molecule has 0 saturated heterocycles. The van der Waals surface area contributed by atoms with Crippen molar-refractivity contribution in [1.82, 2.24) is 0 Å². The lowest BCUT2D eigenvalue weighted by Crippen LogP contribution is -2.14. The van der Waals surface area contributed by atoms with Gasteiger partial charge < -0.3 is 15.8 Å². The smallest absolute Gasteiger partial charge is 0.228 e. The zero-order chi connectivity index (χ0) is 14.5. The third-order valence-electron chi connectivity index (χ3n) is 2.80. The molecule has 0 heterocycles. The number of hydrogen-bond acceptors (Lipinski definition) is 3. The number of hydrogen-bond donors (Lipinski definition) is 2. The van der Waals surface area contributed by atoms with Crippen LogP contribution in [0.25, 0.3) is 0 Å². The molecule has 5 heteroatoms. The second-order valence-corrected chi connectivity index (χ2v) is 4.69. The SMILES string of the molecule is COc1cc(NC(=O)Cc2ccccc2)c(Cl)cc1N. The summed E-state index contributed by atoms with van der Waals surface area (Å²) < 4.78 is 5.11. The molecule has 1 amide bonds. The van der Waals surface area contributed by atoms with Gasteiger partial charge >= 0.3 is 0 Å². The van der Waals surface area contributed by atoms with E-state index in [1.165, 1.54) is 7.11 Å². The van der Waals surface area contributed by atoms with Gasteiger partial charge in [-0.2, -0.15) is 0 Å². The van der Waals surface area contributed by atoms with Crippen molar-refractivity contribution >= 4 is 28.9 Å².